The molecule has 14 rings (SSSR count). The Kier molecular flexibility index (Phi) is 8.18. The van der Waals surface area contributed by atoms with Gasteiger partial charge in [0.15, 0.2) is 0 Å². The molecule has 1 nitrogen and oxygen atoms in total. The lowest BCUT2D eigenvalue weighted by atomic mass is 9.67. The fourth-order valence-corrected chi connectivity index (χ4v) is 12.5. The van der Waals surface area contributed by atoms with E-state index in [1.165, 1.54) is 99.8 Å². The SMILES string of the molecule is c1ccc(-c2ccc(N(c3ccc4c(c3)C(c3ccccc3)(c3ccccc3)c3ccccc3-4)c3ccc4c(c3)C3(c5ccccc5-4)c4ccccc4-c4c3ccc3ccccc43)cc2)cc1. The molecule has 0 radical (unpaired) electrons. The van der Waals surface area contributed by atoms with Gasteiger partial charge in [-0.25, -0.2) is 0 Å². The fraction of sp³-hybridized carbons (Fsp3) is 0.0303. The quantitative estimate of drug-likeness (QED) is 0.161. The van der Waals surface area contributed by atoms with E-state index in [4.69, 9.17) is 0 Å². The van der Waals surface area contributed by atoms with Crippen molar-refractivity contribution in [3.63, 3.8) is 0 Å². The lowest BCUT2D eigenvalue weighted by Crippen LogP contribution is -2.28. The lowest BCUT2D eigenvalue weighted by molar-refractivity contribution is 0.768. The van der Waals surface area contributed by atoms with Crippen LogP contribution in [0.15, 0.2) is 261 Å². The smallest absolute Gasteiger partial charge is 0.0726 e. The number of anilines is 3. The molecule has 0 aromatic heterocycles. The number of rotatable bonds is 6. The summed E-state index contributed by atoms with van der Waals surface area (Å²) in [5.74, 6) is 0. The van der Waals surface area contributed by atoms with Crippen molar-refractivity contribution in [1.29, 1.82) is 0 Å². The Bertz CT molecular complexity index is 3700. The highest BCUT2D eigenvalue weighted by molar-refractivity contribution is 6.06. The van der Waals surface area contributed by atoms with Gasteiger partial charge in [0.2, 0.25) is 0 Å². The van der Waals surface area contributed by atoms with Gasteiger partial charge in [-0.05, 0) is 136 Å². The van der Waals surface area contributed by atoms with Crippen LogP contribution in [0, 0.1) is 0 Å². The van der Waals surface area contributed by atoms with E-state index in [1.807, 2.05) is 0 Å². The number of hydrogen-bond acceptors (Lipinski definition) is 1. The predicted octanol–water partition coefficient (Wildman–Crippen LogP) is 16.7. The third-order valence-electron chi connectivity index (χ3n) is 15.2. The molecule has 3 aliphatic rings. The summed E-state index contributed by atoms with van der Waals surface area (Å²) in [4.78, 5) is 2.50. The fourth-order valence-electron chi connectivity index (χ4n) is 12.5. The van der Waals surface area contributed by atoms with E-state index < -0.39 is 10.8 Å². The van der Waals surface area contributed by atoms with Crippen molar-refractivity contribution in [3.05, 3.63) is 305 Å². The monoisotopic (exact) mass is 849 g/mol. The Morgan fingerprint density at radius 3 is 1.30 bits per heavy atom. The van der Waals surface area contributed by atoms with Gasteiger partial charge in [-0.1, -0.05) is 224 Å². The van der Waals surface area contributed by atoms with Crippen molar-refractivity contribution in [2.24, 2.45) is 0 Å². The molecule has 1 atom stereocenters. The molecule has 0 fully saturated rings. The van der Waals surface area contributed by atoms with E-state index in [1.54, 1.807) is 0 Å². The minimum absolute atomic E-state index is 0.504. The zero-order valence-corrected chi connectivity index (χ0v) is 36.8. The van der Waals surface area contributed by atoms with E-state index in [0.717, 1.165) is 17.1 Å². The van der Waals surface area contributed by atoms with Crippen LogP contribution in [0.1, 0.15) is 44.5 Å². The van der Waals surface area contributed by atoms with E-state index in [9.17, 15) is 0 Å². The summed E-state index contributed by atoms with van der Waals surface area (Å²) < 4.78 is 0. The summed E-state index contributed by atoms with van der Waals surface area (Å²) in [7, 11) is 0. The van der Waals surface area contributed by atoms with Gasteiger partial charge in [-0.2, -0.15) is 0 Å². The summed E-state index contributed by atoms with van der Waals surface area (Å²) in [5, 5.41) is 2.56. The van der Waals surface area contributed by atoms with E-state index in [-0.39, 0.29) is 0 Å². The van der Waals surface area contributed by atoms with Gasteiger partial charge in [0.1, 0.15) is 0 Å². The zero-order valence-electron chi connectivity index (χ0n) is 36.8. The molecular weight excluding hydrogens is 807 g/mol. The summed E-state index contributed by atoms with van der Waals surface area (Å²) in [6.45, 7) is 0. The first kappa shape index (κ1) is 37.8. The predicted molar refractivity (Wildman–Crippen MR) is 278 cm³/mol. The molecule has 0 aliphatic heterocycles. The molecule has 0 saturated carbocycles. The number of fused-ring (bicyclic) bond motifs is 15. The van der Waals surface area contributed by atoms with E-state index >= 15 is 0 Å². The largest absolute Gasteiger partial charge is 0.310 e. The van der Waals surface area contributed by atoms with Crippen LogP contribution < -0.4 is 4.90 Å². The molecule has 0 N–H and O–H groups in total. The molecular formula is C66H43N. The lowest BCUT2D eigenvalue weighted by Gasteiger charge is -2.35. The summed E-state index contributed by atoms with van der Waals surface area (Å²) in [5.41, 5.74) is 22.9. The van der Waals surface area contributed by atoms with Crippen LogP contribution in [0.5, 0.6) is 0 Å². The molecule has 1 unspecified atom stereocenters. The van der Waals surface area contributed by atoms with E-state index in [0.29, 0.717) is 0 Å². The topological polar surface area (TPSA) is 3.24 Å². The Morgan fingerprint density at radius 1 is 0.254 bits per heavy atom. The van der Waals surface area contributed by atoms with Crippen molar-refractivity contribution in [3.8, 4) is 44.5 Å². The molecule has 0 saturated heterocycles. The van der Waals surface area contributed by atoms with Crippen LogP contribution >= 0.6 is 0 Å². The van der Waals surface area contributed by atoms with Crippen molar-refractivity contribution >= 4 is 27.8 Å². The standard InChI is InChI=1S/C66H43N/c1-4-18-44(19-5-1)45-32-35-49(36-33-45)67(50-37-39-55-53-26-12-15-29-58(53)65(62(55)42-50,47-21-6-2-7-22-47)48-23-8-3-9-24-48)51-38-40-56-54-27-13-16-30-59(54)66(63(56)43-51)60-31-17-14-28-57(60)64-52-25-11-10-20-46(52)34-41-61(64)66/h1-43H. The van der Waals surface area contributed by atoms with Crippen LogP contribution in [0.4, 0.5) is 17.1 Å². The van der Waals surface area contributed by atoms with Crippen LogP contribution in [0.3, 0.4) is 0 Å². The highest BCUT2D eigenvalue weighted by Crippen LogP contribution is 2.65. The van der Waals surface area contributed by atoms with Crippen molar-refractivity contribution < 1.29 is 0 Å². The van der Waals surface area contributed by atoms with Gasteiger partial charge < -0.3 is 4.90 Å². The van der Waals surface area contributed by atoms with Crippen LogP contribution in [0.2, 0.25) is 0 Å². The number of hydrogen-bond donors (Lipinski definition) is 0. The maximum absolute atomic E-state index is 2.52. The Hall–Kier alpha value is -8.52. The first-order valence-corrected chi connectivity index (χ1v) is 23.4. The van der Waals surface area contributed by atoms with Crippen LogP contribution in [-0.2, 0) is 10.8 Å². The Labute approximate surface area is 391 Å². The van der Waals surface area contributed by atoms with Gasteiger partial charge in [0, 0.05) is 17.1 Å². The maximum atomic E-state index is 2.52. The normalized spacial score (nSPS) is 15.3. The van der Waals surface area contributed by atoms with Crippen LogP contribution in [-0.4, -0.2) is 0 Å². The molecule has 1 heteroatoms. The molecule has 1 spiro atoms. The highest BCUT2D eigenvalue weighted by atomic mass is 15.1. The molecule has 0 amide bonds. The molecule has 11 aromatic rings. The molecule has 11 aromatic carbocycles. The second kappa shape index (κ2) is 14.5. The average Bonchev–Trinajstić information content (AvgIpc) is 4.00. The highest BCUT2D eigenvalue weighted by Gasteiger charge is 2.52. The van der Waals surface area contributed by atoms with Gasteiger partial charge in [-0.15, -0.1) is 0 Å². The third-order valence-corrected chi connectivity index (χ3v) is 15.2. The van der Waals surface area contributed by atoms with Crippen LogP contribution in [0.25, 0.3) is 55.3 Å². The second-order valence-corrected chi connectivity index (χ2v) is 18.3. The zero-order chi connectivity index (χ0) is 44.1. The van der Waals surface area contributed by atoms with Crippen molar-refractivity contribution in [2.45, 2.75) is 10.8 Å². The maximum Gasteiger partial charge on any atom is 0.0726 e. The molecule has 0 bridgehead atoms. The van der Waals surface area contributed by atoms with Gasteiger partial charge in [0.05, 0.1) is 10.8 Å². The Morgan fingerprint density at radius 2 is 0.687 bits per heavy atom. The van der Waals surface area contributed by atoms with Crippen molar-refractivity contribution in [2.75, 3.05) is 4.90 Å². The summed E-state index contributed by atoms with van der Waals surface area (Å²) in [6, 6.07) is 97.5. The molecule has 0 heterocycles. The van der Waals surface area contributed by atoms with Gasteiger partial charge in [0.25, 0.3) is 0 Å². The summed E-state index contributed by atoms with van der Waals surface area (Å²) in [6.07, 6.45) is 0. The minimum Gasteiger partial charge on any atom is -0.310 e. The first-order valence-electron chi connectivity index (χ1n) is 23.4. The van der Waals surface area contributed by atoms with E-state index in [2.05, 4.69) is 266 Å². The average molecular weight is 850 g/mol. The van der Waals surface area contributed by atoms with Gasteiger partial charge >= 0.3 is 0 Å². The minimum atomic E-state index is -0.531. The first-order chi connectivity index (χ1) is 33.2. The molecule has 67 heavy (non-hydrogen) atoms. The van der Waals surface area contributed by atoms with Crippen molar-refractivity contribution in [1.82, 2.24) is 0 Å². The molecule has 312 valence electrons. The second-order valence-electron chi connectivity index (χ2n) is 18.3. The molecule has 3 aliphatic carbocycles. The number of nitrogens with zero attached hydrogens (tertiary/aromatic N) is 1. The third kappa shape index (κ3) is 5.20. The van der Waals surface area contributed by atoms with Gasteiger partial charge in [-0.3, -0.25) is 0 Å². The summed E-state index contributed by atoms with van der Waals surface area (Å²) >= 11 is 0. The number of benzene rings is 11. The Balaban J connectivity index is 1.04.